The van der Waals surface area contributed by atoms with Gasteiger partial charge in [0.25, 0.3) is 0 Å². The molecule has 2 aromatic heterocycles. The van der Waals surface area contributed by atoms with Gasteiger partial charge in [0.05, 0.1) is 18.6 Å². The average Bonchev–Trinajstić information content (AvgIpc) is 2.46. The van der Waals surface area contributed by atoms with Gasteiger partial charge in [-0.05, 0) is 0 Å². The first kappa shape index (κ1) is 10.7. The van der Waals surface area contributed by atoms with Crippen molar-refractivity contribution in [3.8, 4) is 0 Å². The summed E-state index contributed by atoms with van der Waals surface area (Å²) < 4.78 is 13.7. The molecule has 0 aliphatic rings. The fraction of sp³-hybridized carbons (Fsp3) is 0. The number of aromatic carboxylic acids is 1. The number of rotatable bonds is 1. The summed E-state index contributed by atoms with van der Waals surface area (Å²) in [5.41, 5.74) is 0.0916. The Kier molecular flexibility index (Phi) is 2.89. The fourth-order valence-corrected chi connectivity index (χ4v) is 1.00. The maximum absolute atomic E-state index is 12.6. The van der Waals surface area contributed by atoms with Crippen LogP contribution < -0.4 is 18.9 Å². The Morgan fingerprint density at radius 2 is 2.29 bits per heavy atom. The van der Waals surface area contributed by atoms with Gasteiger partial charge < -0.3 is 6.53 Å². The summed E-state index contributed by atoms with van der Waals surface area (Å²) in [7, 11) is 0. The minimum Gasteiger partial charge on any atom is -1.00 e. The van der Waals surface area contributed by atoms with Crippen LogP contribution in [0.2, 0.25) is 0 Å². The molecule has 14 heavy (non-hydrogen) atoms. The van der Waals surface area contributed by atoms with Gasteiger partial charge in [-0.3, -0.25) is 0 Å². The van der Waals surface area contributed by atoms with E-state index in [4.69, 9.17) is 5.11 Å². The van der Waals surface area contributed by atoms with Crippen LogP contribution in [0.15, 0.2) is 18.6 Å². The summed E-state index contributed by atoms with van der Waals surface area (Å²) in [5, 5.41) is 12.3. The molecule has 0 aromatic carbocycles. The minimum atomic E-state index is -1.13. The zero-order chi connectivity index (χ0) is 9.42. The molecule has 0 radical (unpaired) electrons. The first-order valence-corrected chi connectivity index (χ1v) is 3.40. The molecule has 2 rings (SSSR count). The molecule has 0 aliphatic carbocycles. The van der Waals surface area contributed by atoms with Crippen LogP contribution in [0.1, 0.15) is 11.8 Å². The molecule has 0 amide bonds. The molecular formula is C7H5FLiN3O2. The zero-order valence-corrected chi connectivity index (χ0v) is 7.31. The summed E-state index contributed by atoms with van der Waals surface area (Å²) in [6.45, 7) is 0. The van der Waals surface area contributed by atoms with Crippen LogP contribution in [0.5, 0.6) is 0 Å². The van der Waals surface area contributed by atoms with E-state index in [9.17, 15) is 9.18 Å². The topological polar surface area (TPSA) is 67.5 Å². The van der Waals surface area contributed by atoms with Gasteiger partial charge in [0.15, 0.2) is 11.5 Å². The number of hydrogen-bond acceptors (Lipinski definition) is 3. The third-order valence-corrected chi connectivity index (χ3v) is 1.56. The molecule has 2 aromatic rings. The third kappa shape index (κ3) is 1.62. The van der Waals surface area contributed by atoms with Gasteiger partial charge in [-0.1, -0.05) is 0 Å². The molecule has 0 bridgehead atoms. The van der Waals surface area contributed by atoms with Gasteiger partial charge in [0.1, 0.15) is 5.56 Å². The van der Waals surface area contributed by atoms with Crippen molar-refractivity contribution in [2.24, 2.45) is 0 Å². The van der Waals surface area contributed by atoms with Crippen molar-refractivity contribution in [3.05, 3.63) is 30.0 Å². The quantitative estimate of drug-likeness (QED) is 0.511. The van der Waals surface area contributed by atoms with Crippen molar-refractivity contribution in [1.82, 2.24) is 14.6 Å². The molecule has 68 valence electrons. The Labute approximate surface area is 91.2 Å². The van der Waals surface area contributed by atoms with E-state index in [2.05, 4.69) is 10.1 Å². The molecule has 0 unspecified atom stereocenters. The first-order valence-electron chi connectivity index (χ1n) is 3.40. The molecule has 0 saturated heterocycles. The standard InChI is InChI=1S/C7H4FN3O2.Li.H/c8-4-1-9-6-5(7(12)13)2-10-11(6)3-4;;/h1-3H,(H,12,13);;/q;+1;-1. The van der Waals surface area contributed by atoms with E-state index in [1.54, 1.807) is 0 Å². The van der Waals surface area contributed by atoms with Crippen molar-refractivity contribution >= 4 is 11.6 Å². The van der Waals surface area contributed by atoms with Gasteiger partial charge in [0.2, 0.25) is 0 Å². The number of carboxylic acid groups (broad SMARTS) is 1. The third-order valence-electron chi connectivity index (χ3n) is 1.56. The SMILES string of the molecule is O=C(O)c1cnn2cc(F)cnc12.[H-].[Li+]. The number of nitrogens with zero attached hydrogens (tertiary/aromatic N) is 3. The van der Waals surface area contributed by atoms with Crippen LogP contribution in [-0.4, -0.2) is 25.7 Å². The smallest absolute Gasteiger partial charge is 1.00 e. The predicted octanol–water partition coefficient (Wildman–Crippen LogP) is -2.32. The van der Waals surface area contributed by atoms with Crippen molar-refractivity contribution < 1.29 is 34.6 Å². The number of halogens is 1. The van der Waals surface area contributed by atoms with Gasteiger partial charge in [-0.2, -0.15) is 5.10 Å². The van der Waals surface area contributed by atoms with Gasteiger partial charge >= 0.3 is 24.8 Å². The van der Waals surface area contributed by atoms with Crippen LogP contribution in [0, 0.1) is 5.82 Å². The summed E-state index contributed by atoms with van der Waals surface area (Å²) in [5.74, 6) is -1.69. The molecule has 1 N–H and O–H groups in total. The van der Waals surface area contributed by atoms with Crippen LogP contribution in [0.3, 0.4) is 0 Å². The molecule has 0 spiro atoms. The summed E-state index contributed by atoms with van der Waals surface area (Å²) in [6.07, 6.45) is 3.14. The van der Waals surface area contributed by atoms with Crippen LogP contribution in [0.25, 0.3) is 5.65 Å². The van der Waals surface area contributed by atoms with E-state index in [1.165, 1.54) is 0 Å². The summed E-state index contributed by atoms with van der Waals surface area (Å²) in [6, 6.07) is 0. The Bertz CT molecular complexity index is 490. The largest absolute Gasteiger partial charge is 1.00 e. The Balaban J connectivity index is 0.000000980. The molecular weight excluding hydrogens is 184 g/mol. The van der Waals surface area contributed by atoms with E-state index in [-0.39, 0.29) is 31.5 Å². The van der Waals surface area contributed by atoms with Crippen molar-refractivity contribution in [1.29, 1.82) is 0 Å². The van der Waals surface area contributed by atoms with Crippen LogP contribution in [0.4, 0.5) is 4.39 Å². The van der Waals surface area contributed by atoms with E-state index in [0.717, 1.165) is 23.1 Å². The molecule has 0 aliphatic heterocycles. The molecule has 2 heterocycles. The van der Waals surface area contributed by atoms with Crippen LogP contribution in [-0.2, 0) is 0 Å². The molecule has 5 nitrogen and oxygen atoms in total. The second kappa shape index (κ2) is 3.78. The number of carboxylic acids is 1. The number of fused-ring (bicyclic) bond motifs is 1. The van der Waals surface area contributed by atoms with E-state index in [1.807, 2.05) is 0 Å². The maximum Gasteiger partial charge on any atom is 1.00 e. The Morgan fingerprint density at radius 3 is 2.93 bits per heavy atom. The van der Waals surface area contributed by atoms with E-state index >= 15 is 0 Å². The number of carbonyl (C=O) groups is 1. The summed E-state index contributed by atoms with van der Waals surface area (Å²) >= 11 is 0. The van der Waals surface area contributed by atoms with E-state index in [0.29, 0.717) is 0 Å². The number of aromatic nitrogens is 3. The molecule has 0 saturated carbocycles. The molecule has 0 fully saturated rings. The molecule has 0 atom stereocenters. The maximum atomic E-state index is 12.6. The molecule has 7 heteroatoms. The van der Waals surface area contributed by atoms with Crippen LogP contribution >= 0.6 is 0 Å². The van der Waals surface area contributed by atoms with Crippen molar-refractivity contribution in [2.75, 3.05) is 0 Å². The minimum absolute atomic E-state index is 0. The predicted molar refractivity (Wildman–Crippen MR) is 41.0 cm³/mol. The second-order valence-electron chi connectivity index (χ2n) is 2.40. The second-order valence-corrected chi connectivity index (χ2v) is 2.40. The summed E-state index contributed by atoms with van der Waals surface area (Å²) in [4.78, 5) is 14.2. The number of hydrogen-bond donors (Lipinski definition) is 1. The average molecular weight is 189 g/mol. The fourth-order valence-electron chi connectivity index (χ4n) is 1.00. The first-order chi connectivity index (χ1) is 6.18. The van der Waals surface area contributed by atoms with Gasteiger partial charge in [-0.25, -0.2) is 18.7 Å². The monoisotopic (exact) mass is 189 g/mol. The Morgan fingerprint density at radius 1 is 1.57 bits per heavy atom. The van der Waals surface area contributed by atoms with Crippen molar-refractivity contribution in [2.45, 2.75) is 0 Å². The van der Waals surface area contributed by atoms with Gasteiger partial charge in [0, 0.05) is 0 Å². The van der Waals surface area contributed by atoms with Crippen molar-refractivity contribution in [3.63, 3.8) is 0 Å². The van der Waals surface area contributed by atoms with E-state index < -0.39 is 11.8 Å². The van der Waals surface area contributed by atoms with Gasteiger partial charge in [-0.15, -0.1) is 0 Å². The normalized spacial score (nSPS) is 9.79. The Hall–Kier alpha value is -1.38. The zero-order valence-electron chi connectivity index (χ0n) is 8.31.